The lowest BCUT2D eigenvalue weighted by Crippen LogP contribution is -2.07. The van der Waals surface area contributed by atoms with Crippen LogP contribution in [0.3, 0.4) is 0 Å². The monoisotopic (exact) mass is 324 g/mol. The van der Waals surface area contributed by atoms with Gasteiger partial charge in [-0.1, -0.05) is 32.6 Å². The second kappa shape index (κ2) is 9.36. The second-order valence-corrected chi connectivity index (χ2v) is 5.51. The van der Waals surface area contributed by atoms with Gasteiger partial charge in [-0.2, -0.15) is 0 Å². The van der Waals surface area contributed by atoms with Crippen molar-refractivity contribution in [3.05, 3.63) is 29.3 Å². The average molecular weight is 325 g/mol. The Kier molecular flexibility index (Phi) is 7.82. The summed E-state index contributed by atoms with van der Waals surface area (Å²) >= 11 is 5.49. The summed E-state index contributed by atoms with van der Waals surface area (Å²) in [7, 11) is 0. The molecule has 0 spiro atoms. The number of benzene rings is 1. The van der Waals surface area contributed by atoms with Crippen LogP contribution in [0.25, 0.3) is 0 Å². The largest absolute Gasteiger partial charge is 0.426 e. The first-order valence-corrected chi connectivity index (χ1v) is 7.89. The van der Waals surface area contributed by atoms with E-state index in [1.165, 1.54) is 25.5 Å². The van der Waals surface area contributed by atoms with Gasteiger partial charge in [0.2, 0.25) is 0 Å². The van der Waals surface area contributed by atoms with Crippen LogP contribution in [0.1, 0.15) is 73.1 Å². The Morgan fingerprint density at radius 2 is 1.77 bits per heavy atom. The highest BCUT2D eigenvalue weighted by molar-refractivity contribution is 6.68. The van der Waals surface area contributed by atoms with Gasteiger partial charge in [0.1, 0.15) is 5.75 Å². The highest BCUT2D eigenvalue weighted by Crippen LogP contribution is 2.23. The Balaban J connectivity index is 2.74. The molecule has 1 aromatic carbocycles. The molecule has 0 aliphatic carbocycles. The fraction of sp³-hybridized carbons (Fsp3) is 0.471. The smallest absolute Gasteiger partial charge is 0.308 e. The minimum atomic E-state index is -0.756. The lowest BCUT2D eigenvalue weighted by Gasteiger charge is -2.08. The minimum Gasteiger partial charge on any atom is -0.426 e. The van der Waals surface area contributed by atoms with E-state index < -0.39 is 11.2 Å². The van der Waals surface area contributed by atoms with E-state index in [1.54, 1.807) is 6.07 Å². The van der Waals surface area contributed by atoms with Gasteiger partial charge in [0.25, 0.3) is 5.24 Å². The third-order valence-corrected chi connectivity index (χ3v) is 3.48. The summed E-state index contributed by atoms with van der Waals surface area (Å²) in [5, 5.41) is -0.756. The summed E-state index contributed by atoms with van der Waals surface area (Å²) in [4.78, 5) is 34.5. The molecular weight excluding hydrogens is 304 g/mol. The molecule has 0 amide bonds. The van der Waals surface area contributed by atoms with Crippen molar-refractivity contribution in [2.75, 3.05) is 0 Å². The third kappa shape index (κ3) is 5.98. The summed E-state index contributed by atoms with van der Waals surface area (Å²) in [6.45, 7) is 3.37. The number of Topliss-reactive ketones (excluding diaryl/α,β-unsaturated/α-hetero) is 1. The molecule has 1 aromatic rings. The Morgan fingerprint density at radius 1 is 1.09 bits per heavy atom. The van der Waals surface area contributed by atoms with E-state index in [4.69, 9.17) is 16.3 Å². The number of rotatable bonds is 9. The van der Waals surface area contributed by atoms with Crippen molar-refractivity contribution in [3.8, 4) is 5.75 Å². The van der Waals surface area contributed by atoms with Crippen LogP contribution in [0.4, 0.5) is 0 Å². The van der Waals surface area contributed by atoms with E-state index >= 15 is 0 Å². The zero-order valence-electron chi connectivity index (χ0n) is 13.0. The van der Waals surface area contributed by atoms with Crippen LogP contribution < -0.4 is 4.74 Å². The van der Waals surface area contributed by atoms with Crippen LogP contribution in [-0.4, -0.2) is 17.0 Å². The van der Waals surface area contributed by atoms with Gasteiger partial charge in [0, 0.05) is 18.9 Å². The van der Waals surface area contributed by atoms with Crippen LogP contribution in [0.5, 0.6) is 5.75 Å². The molecule has 0 unspecified atom stereocenters. The maximum absolute atomic E-state index is 12.1. The fourth-order valence-electron chi connectivity index (χ4n) is 2.13. The lowest BCUT2D eigenvalue weighted by molar-refractivity contribution is -0.131. The average Bonchev–Trinajstić information content (AvgIpc) is 2.46. The maximum Gasteiger partial charge on any atom is 0.308 e. The number of ketones is 1. The number of hydrogen-bond acceptors (Lipinski definition) is 4. The predicted molar refractivity (Wildman–Crippen MR) is 85.6 cm³/mol. The molecule has 0 N–H and O–H groups in total. The van der Waals surface area contributed by atoms with Gasteiger partial charge < -0.3 is 4.74 Å². The maximum atomic E-state index is 12.1. The fourth-order valence-corrected chi connectivity index (χ4v) is 2.28. The number of carbonyl (C=O) groups excluding carboxylic acids is 3. The van der Waals surface area contributed by atoms with Gasteiger partial charge in [0.05, 0.1) is 5.56 Å². The van der Waals surface area contributed by atoms with Crippen molar-refractivity contribution in [1.29, 1.82) is 0 Å². The van der Waals surface area contributed by atoms with Crippen LogP contribution in [-0.2, 0) is 4.79 Å². The quantitative estimate of drug-likeness (QED) is 0.220. The molecule has 120 valence electrons. The molecule has 0 aromatic heterocycles. The topological polar surface area (TPSA) is 60.4 Å². The highest BCUT2D eigenvalue weighted by Gasteiger charge is 2.16. The molecule has 0 aliphatic rings. The Morgan fingerprint density at radius 3 is 2.36 bits per heavy atom. The molecular formula is C17H21ClO4. The van der Waals surface area contributed by atoms with Gasteiger partial charge in [-0.3, -0.25) is 14.4 Å². The summed E-state index contributed by atoms with van der Waals surface area (Å²) in [6, 6.07) is 4.37. The Bertz CT molecular complexity index is 552. The molecule has 0 aliphatic heterocycles. The SMILES string of the molecule is CCCCCCCC(=O)c1ccc(OC(C)=O)c(C(=O)Cl)c1. The number of ether oxygens (including phenoxy) is 1. The second-order valence-electron chi connectivity index (χ2n) is 5.17. The van der Waals surface area contributed by atoms with E-state index in [9.17, 15) is 14.4 Å². The molecule has 0 fully saturated rings. The molecule has 0 saturated carbocycles. The van der Waals surface area contributed by atoms with Crippen molar-refractivity contribution < 1.29 is 19.1 Å². The molecule has 5 heteroatoms. The first kappa shape index (κ1) is 18.4. The Hall–Kier alpha value is -1.68. The van der Waals surface area contributed by atoms with Crippen LogP contribution in [0.15, 0.2) is 18.2 Å². The Labute approximate surface area is 135 Å². The molecule has 0 radical (unpaired) electrons. The molecule has 0 bridgehead atoms. The van der Waals surface area contributed by atoms with E-state index in [2.05, 4.69) is 6.92 Å². The van der Waals surface area contributed by atoms with Crippen LogP contribution >= 0.6 is 11.6 Å². The summed E-state index contributed by atoms with van der Waals surface area (Å²) in [5.74, 6) is -0.508. The van der Waals surface area contributed by atoms with Gasteiger partial charge in [-0.05, 0) is 36.2 Å². The molecule has 0 saturated heterocycles. The van der Waals surface area contributed by atoms with E-state index in [1.807, 2.05) is 0 Å². The highest BCUT2D eigenvalue weighted by atomic mass is 35.5. The van der Waals surface area contributed by atoms with Crippen molar-refractivity contribution in [1.82, 2.24) is 0 Å². The van der Waals surface area contributed by atoms with Crippen LogP contribution in [0, 0.1) is 0 Å². The van der Waals surface area contributed by atoms with E-state index in [0.717, 1.165) is 25.7 Å². The molecule has 1 rings (SSSR count). The lowest BCUT2D eigenvalue weighted by atomic mass is 10.0. The molecule has 22 heavy (non-hydrogen) atoms. The van der Waals surface area contributed by atoms with Crippen molar-refractivity contribution in [3.63, 3.8) is 0 Å². The number of esters is 1. The van der Waals surface area contributed by atoms with Crippen molar-refractivity contribution in [2.24, 2.45) is 0 Å². The summed E-state index contributed by atoms with van der Waals surface area (Å²) < 4.78 is 4.91. The summed E-state index contributed by atoms with van der Waals surface area (Å²) in [6.07, 6.45) is 5.75. The first-order valence-electron chi connectivity index (χ1n) is 7.51. The van der Waals surface area contributed by atoms with Gasteiger partial charge in [-0.25, -0.2) is 0 Å². The third-order valence-electron chi connectivity index (χ3n) is 3.27. The zero-order valence-corrected chi connectivity index (χ0v) is 13.7. The van der Waals surface area contributed by atoms with Crippen molar-refractivity contribution in [2.45, 2.75) is 52.4 Å². The normalized spacial score (nSPS) is 10.3. The van der Waals surface area contributed by atoms with Crippen molar-refractivity contribution >= 4 is 28.6 Å². The first-order chi connectivity index (χ1) is 10.5. The molecule has 4 nitrogen and oxygen atoms in total. The standard InChI is InChI=1S/C17H21ClO4/c1-3-4-5-6-7-8-15(20)13-9-10-16(22-12(2)19)14(11-13)17(18)21/h9-11H,3-8H2,1-2H3. The van der Waals surface area contributed by atoms with Gasteiger partial charge in [-0.15, -0.1) is 0 Å². The van der Waals surface area contributed by atoms with Gasteiger partial charge >= 0.3 is 5.97 Å². The number of carbonyl (C=O) groups is 3. The number of unbranched alkanes of at least 4 members (excludes halogenated alkanes) is 4. The predicted octanol–water partition coefficient (Wildman–Crippen LogP) is 4.53. The number of halogens is 1. The van der Waals surface area contributed by atoms with Crippen LogP contribution in [0.2, 0.25) is 0 Å². The number of hydrogen-bond donors (Lipinski definition) is 0. The molecule has 0 atom stereocenters. The molecule has 0 heterocycles. The minimum absolute atomic E-state index is 0.0358. The van der Waals surface area contributed by atoms with E-state index in [0.29, 0.717) is 12.0 Å². The van der Waals surface area contributed by atoms with Gasteiger partial charge in [0.15, 0.2) is 5.78 Å². The summed E-state index contributed by atoms with van der Waals surface area (Å²) in [5.41, 5.74) is 0.448. The zero-order chi connectivity index (χ0) is 16.5. The van der Waals surface area contributed by atoms with E-state index in [-0.39, 0.29) is 17.1 Å².